The molecule has 5 nitrogen and oxygen atoms in total. The Bertz CT molecular complexity index is 793. The van der Waals surface area contributed by atoms with Gasteiger partial charge in [-0.2, -0.15) is 0 Å². The second-order valence-electron chi connectivity index (χ2n) is 6.47. The first-order chi connectivity index (χ1) is 13.2. The van der Waals surface area contributed by atoms with Crippen LogP contribution < -0.4 is 15.5 Å². The maximum Gasteiger partial charge on any atom is 0.118 e. The van der Waals surface area contributed by atoms with Gasteiger partial charge in [0.25, 0.3) is 0 Å². The van der Waals surface area contributed by atoms with Gasteiger partial charge >= 0.3 is 0 Å². The maximum absolute atomic E-state index is 5.84. The Morgan fingerprint density at radius 1 is 1.26 bits per heavy atom. The first kappa shape index (κ1) is 19.3. The summed E-state index contributed by atoms with van der Waals surface area (Å²) in [6.45, 7) is 0.441. The number of nitrogens with one attached hydrogen (secondary N) is 2. The van der Waals surface area contributed by atoms with Crippen molar-refractivity contribution in [1.82, 2.24) is 15.8 Å². The number of ether oxygens (including phenoxy) is 1. The van der Waals surface area contributed by atoms with E-state index in [0.717, 1.165) is 46.8 Å². The predicted octanol–water partition coefficient (Wildman–Crippen LogP) is 3.66. The minimum Gasteiger partial charge on any atom is -0.497 e. The summed E-state index contributed by atoms with van der Waals surface area (Å²) >= 11 is 5.73. The summed E-state index contributed by atoms with van der Waals surface area (Å²) in [5.74, 6) is 0.830. The number of hydroxylamine groups is 1. The number of aromatic nitrogens is 1. The lowest BCUT2D eigenvalue weighted by atomic mass is 9.71. The molecule has 0 saturated heterocycles. The van der Waals surface area contributed by atoms with E-state index in [4.69, 9.17) is 21.8 Å². The third kappa shape index (κ3) is 4.12. The largest absolute Gasteiger partial charge is 0.497 e. The Labute approximate surface area is 165 Å². The smallest absolute Gasteiger partial charge is 0.118 e. The van der Waals surface area contributed by atoms with Crippen LogP contribution in [0, 0.1) is 0 Å². The van der Waals surface area contributed by atoms with Crippen molar-refractivity contribution in [2.45, 2.75) is 31.3 Å². The fourth-order valence-corrected chi connectivity index (χ4v) is 3.80. The summed E-state index contributed by atoms with van der Waals surface area (Å²) < 4.78 is 5.19. The quantitative estimate of drug-likeness (QED) is 0.562. The van der Waals surface area contributed by atoms with Crippen molar-refractivity contribution in [2.75, 3.05) is 14.2 Å². The van der Waals surface area contributed by atoms with Crippen LogP contribution in [0.25, 0.3) is 0 Å². The van der Waals surface area contributed by atoms with Crippen LogP contribution >= 0.6 is 12.2 Å². The van der Waals surface area contributed by atoms with E-state index in [-0.39, 0.29) is 0 Å². The van der Waals surface area contributed by atoms with Crippen molar-refractivity contribution >= 4 is 17.2 Å². The molecule has 1 heterocycles. The second-order valence-corrected chi connectivity index (χ2v) is 6.88. The molecule has 1 unspecified atom stereocenters. The number of methoxy groups -OCH3 is 1. The highest BCUT2D eigenvalue weighted by Crippen LogP contribution is 2.40. The molecule has 0 spiro atoms. The average molecular weight is 384 g/mol. The van der Waals surface area contributed by atoms with E-state index >= 15 is 0 Å². The molecule has 142 valence electrons. The van der Waals surface area contributed by atoms with Crippen molar-refractivity contribution in [1.29, 1.82) is 0 Å². The number of allylic oxidation sites excluding steroid dienone is 1. The lowest BCUT2D eigenvalue weighted by Gasteiger charge is -2.39. The van der Waals surface area contributed by atoms with Gasteiger partial charge in [0, 0.05) is 19.4 Å². The molecule has 0 amide bonds. The summed E-state index contributed by atoms with van der Waals surface area (Å²) in [5.41, 5.74) is 5.82. The van der Waals surface area contributed by atoms with Gasteiger partial charge in [0.15, 0.2) is 0 Å². The topological polar surface area (TPSA) is 55.4 Å². The van der Waals surface area contributed by atoms with Crippen LogP contribution in [0.4, 0.5) is 0 Å². The van der Waals surface area contributed by atoms with Gasteiger partial charge in [0.2, 0.25) is 0 Å². The summed E-state index contributed by atoms with van der Waals surface area (Å²) in [6.07, 6.45) is 8.79. The zero-order valence-corrected chi connectivity index (χ0v) is 16.5. The van der Waals surface area contributed by atoms with E-state index in [1.807, 2.05) is 43.6 Å². The third-order valence-electron chi connectivity index (χ3n) is 4.91. The summed E-state index contributed by atoms with van der Waals surface area (Å²) in [7, 11) is 3.52. The van der Waals surface area contributed by atoms with Gasteiger partial charge in [-0.1, -0.05) is 36.5 Å². The van der Waals surface area contributed by atoms with E-state index in [1.165, 1.54) is 0 Å². The zero-order chi connectivity index (χ0) is 19.1. The van der Waals surface area contributed by atoms with Crippen molar-refractivity contribution in [3.05, 3.63) is 71.7 Å². The number of rotatable bonds is 7. The molecule has 2 aromatic rings. The number of hydrogen-bond acceptors (Lipinski definition) is 5. The average Bonchev–Trinajstić information content (AvgIpc) is 2.74. The molecule has 0 bridgehead atoms. The fraction of sp³-hybridized carbons (Fsp3) is 0.333. The van der Waals surface area contributed by atoms with Crippen LogP contribution in [0.3, 0.4) is 0 Å². The Kier molecular flexibility index (Phi) is 6.42. The Morgan fingerprint density at radius 2 is 2.07 bits per heavy atom. The van der Waals surface area contributed by atoms with Gasteiger partial charge in [-0.3, -0.25) is 15.3 Å². The molecular formula is C21H25N3O2S. The van der Waals surface area contributed by atoms with Crippen LogP contribution in [-0.2, 0) is 16.9 Å². The van der Waals surface area contributed by atoms with Gasteiger partial charge < -0.3 is 10.1 Å². The number of hydrogen-bond donors (Lipinski definition) is 2. The highest BCUT2D eigenvalue weighted by atomic mass is 32.1. The predicted molar refractivity (Wildman–Crippen MR) is 110 cm³/mol. The molecular weight excluding hydrogens is 358 g/mol. The normalized spacial score (nSPS) is 19.1. The van der Waals surface area contributed by atoms with Gasteiger partial charge in [-0.15, -0.1) is 0 Å². The number of pyridine rings is 1. The van der Waals surface area contributed by atoms with Gasteiger partial charge in [0.1, 0.15) is 5.75 Å². The summed E-state index contributed by atoms with van der Waals surface area (Å²) in [4.78, 5) is 10.9. The molecule has 0 fully saturated rings. The molecule has 6 heteroatoms. The first-order valence-electron chi connectivity index (χ1n) is 9.05. The van der Waals surface area contributed by atoms with Crippen LogP contribution in [0.15, 0.2) is 60.6 Å². The summed E-state index contributed by atoms with van der Waals surface area (Å²) in [5, 5.41) is 3.18. The summed E-state index contributed by atoms with van der Waals surface area (Å²) in [6, 6.07) is 11.8. The van der Waals surface area contributed by atoms with Crippen molar-refractivity contribution in [2.24, 2.45) is 0 Å². The second kappa shape index (κ2) is 8.97. The number of thiocarbonyl (C=S) groups is 1. The highest BCUT2D eigenvalue weighted by molar-refractivity contribution is 7.80. The number of nitrogens with zero attached hydrogens (tertiary/aromatic N) is 1. The van der Waals surface area contributed by atoms with Crippen molar-refractivity contribution in [3.8, 4) is 5.75 Å². The third-order valence-corrected chi connectivity index (χ3v) is 5.47. The molecule has 0 saturated carbocycles. The number of likely N-dealkylation sites (N-methyl/N-ethyl adjacent to an activating group) is 1. The van der Waals surface area contributed by atoms with E-state index < -0.39 is 5.41 Å². The minimum absolute atomic E-state index is 0.441. The zero-order valence-electron chi connectivity index (χ0n) is 15.7. The lowest BCUT2D eigenvalue weighted by Crippen LogP contribution is -2.48. The van der Waals surface area contributed by atoms with Gasteiger partial charge in [-0.05, 0) is 48.6 Å². The molecule has 1 aliphatic rings. The molecule has 1 aliphatic carbocycles. The SMILES string of the molecule is CNC(=S)C1(c2cccnc2)CCCC=C1NOCc1ccc(OC)cc1. The standard InChI is InChI=1S/C21H25N3O2S/c1-22-20(27)21(17-6-5-13-23-14-17)12-4-3-7-19(21)24-26-15-16-8-10-18(25-2)11-9-16/h5-11,13-14,24H,3-4,12,15H2,1-2H3,(H,22,27). The maximum atomic E-state index is 5.84. The Hall–Kier alpha value is -2.44. The Morgan fingerprint density at radius 3 is 2.74 bits per heavy atom. The van der Waals surface area contributed by atoms with Crippen molar-refractivity contribution in [3.63, 3.8) is 0 Å². The van der Waals surface area contributed by atoms with Gasteiger partial charge in [-0.25, -0.2) is 0 Å². The van der Waals surface area contributed by atoms with Crippen LogP contribution in [0.5, 0.6) is 5.75 Å². The van der Waals surface area contributed by atoms with E-state index in [2.05, 4.69) is 27.9 Å². The van der Waals surface area contributed by atoms with Crippen LogP contribution in [0.1, 0.15) is 30.4 Å². The first-order valence-corrected chi connectivity index (χ1v) is 9.45. The number of benzene rings is 1. The van der Waals surface area contributed by atoms with E-state index in [1.54, 1.807) is 13.3 Å². The molecule has 0 radical (unpaired) electrons. The molecule has 1 aromatic heterocycles. The molecule has 0 aliphatic heterocycles. The fourth-order valence-electron chi connectivity index (χ4n) is 3.47. The Balaban J connectivity index is 1.78. The highest BCUT2D eigenvalue weighted by Gasteiger charge is 2.42. The monoisotopic (exact) mass is 383 g/mol. The van der Waals surface area contributed by atoms with Gasteiger partial charge in [0.05, 0.1) is 29.8 Å². The molecule has 27 heavy (non-hydrogen) atoms. The molecule has 1 aromatic carbocycles. The van der Waals surface area contributed by atoms with Crippen molar-refractivity contribution < 1.29 is 9.57 Å². The molecule has 1 atom stereocenters. The minimum atomic E-state index is -0.448. The molecule has 3 rings (SSSR count). The van der Waals surface area contributed by atoms with Crippen LogP contribution in [-0.4, -0.2) is 24.1 Å². The van der Waals surface area contributed by atoms with Crippen LogP contribution in [0.2, 0.25) is 0 Å². The molecule has 2 N–H and O–H groups in total. The lowest BCUT2D eigenvalue weighted by molar-refractivity contribution is 0.0409. The van der Waals surface area contributed by atoms with E-state index in [9.17, 15) is 0 Å². The van der Waals surface area contributed by atoms with E-state index in [0.29, 0.717) is 6.61 Å².